The maximum atomic E-state index is 12.2. The second-order valence-electron chi connectivity index (χ2n) is 5.41. The van der Waals surface area contributed by atoms with Crippen LogP contribution in [0.5, 0.6) is 5.75 Å². The second kappa shape index (κ2) is 6.64. The van der Waals surface area contributed by atoms with E-state index in [0.717, 1.165) is 19.3 Å². The molecule has 3 rings (SSSR count). The molecule has 0 amide bonds. The zero-order chi connectivity index (χ0) is 17.2. The van der Waals surface area contributed by atoms with Crippen molar-refractivity contribution in [1.82, 2.24) is 9.78 Å². The highest BCUT2D eigenvalue weighted by molar-refractivity contribution is 5.76. The van der Waals surface area contributed by atoms with Crippen LogP contribution in [-0.4, -0.2) is 29.0 Å². The van der Waals surface area contributed by atoms with Gasteiger partial charge in [-0.1, -0.05) is 0 Å². The number of benzene rings is 1. The predicted octanol–water partition coefficient (Wildman–Crippen LogP) is 3.96. The van der Waals surface area contributed by atoms with Crippen LogP contribution in [0.25, 0.3) is 11.3 Å². The fraction of sp³-hybridized carbons (Fsp3) is 0.375. The number of rotatable bonds is 4. The third kappa shape index (κ3) is 3.76. The molecular formula is C16H15F3N2O3. The van der Waals surface area contributed by atoms with Gasteiger partial charge in [0.05, 0.1) is 5.69 Å². The SMILES string of the molecule is O=Cc1cc(-c2ccc(OC(F)(F)F)cc2)nn1C1CCCCO1. The summed E-state index contributed by atoms with van der Waals surface area (Å²) in [6, 6.07) is 6.93. The number of carbonyl (C=O) groups excluding carboxylic acids is 1. The monoisotopic (exact) mass is 340 g/mol. The van der Waals surface area contributed by atoms with Gasteiger partial charge in [-0.2, -0.15) is 5.10 Å². The highest BCUT2D eigenvalue weighted by Crippen LogP contribution is 2.29. The summed E-state index contributed by atoms with van der Waals surface area (Å²) in [4.78, 5) is 11.3. The topological polar surface area (TPSA) is 53.3 Å². The Bertz CT molecular complexity index is 704. The largest absolute Gasteiger partial charge is 0.573 e. The van der Waals surface area contributed by atoms with Crippen LogP contribution in [0, 0.1) is 0 Å². The molecule has 0 aliphatic carbocycles. The normalized spacial score (nSPS) is 18.4. The molecule has 1 aliphatic rings. The zero-order valence-corrected chi connectivity index (χ0v) is 12.6. The van der Waals surface area contributed by atoms with E-state index in [0.29, 0.717) is 29.8 Å². The van der Waals surface area contributed by atoms with Crippen LogP contribution in [0.3, 0.4) is 0 Å². The molecule has 0 N–H and O–H groups in total. The van der Waals surface area contributed by atoms with Crippen molar-refractivity contribution in [1.29, 1.82) is 0 Å². The first-order valence-electron chi connectivity index (χ1n) is 7.49. The lowest BCUT2D eigenvalue weighted by Crippen LogP contribution is -2.20. The van der Waals surface area contributed by atoms with Gasteiger partial charge in [-0.25, -0.2) is 4.68 Å². The molecule has 1 unspecified atom stereocenters. The van der Waals surface area contributed by atoms with E-state index in [4.69, 9.17) is 4.74 Å². The number of nitrogens with zero attached hydrogens (tertiary/aromatic N) is 2. The lowest BCUT2D eigenvalue weighted by molar-refractivity contribution is -0.274. The van der Waals surface area contributed by atoms with Crippen LogP contribution in [0.4, 0.5) is 13.2 Å². The van der Waals surface area contributed by atoms with Gasteiger partial charge in [-0.05, 0) is 49.6 Å². The van der Waals surface area contributed by atoms with Crippen molar-refractivity contribution >= 4 is 6.29 Å². The Kier molecular flexibility index (Phi) is 4.57. The number of aromatic nitrogens is 2. The average Bonchev–Trinajstić information content (AvgIpc) is 2.99. The Morgan fingerprint density at radius 1 is 1.25 bits per heavy atom. The molecule has 8 heteroatoms. The number of alkyl halides is 3. The molecule has 1 aliphatic heterocycles. The third-order valence-electron chi connectivity index (χ3n) is 3.70. The minimum Gasteiger partial charge on any atom is -0.406 e. The van der Waals surface area contributed by atoms with E-state index in [1.807, 2.05) is 0 Å². The van der Waals surface area contributed by atoms with Crippen molar-refractivity contribution < 1.29 is 27.4 Å². The smallest absolute Gasteiger partial charge is 0.406 e. The van der Waals surface area contributed by atoms with Crippen molar-refractivity contribution in [2.24, 2.45) is 0 Å². The second-order valence-corrected chi connectivity index (χ2v) is 5.41. The summed E-state index contributed by atoms with van der Waals surface area (Å²) >= 11 is 0. The highest BCUT2D eigenvalue weighted by atomic mass is 19.4. The van der Waals surface area contributed by atoms with Crippen LogP contribution in [0.2, 0.25) is 0 Å². The van der Waals surface area contributed by atoms with Crippen LogP contribution in [0.15, 0.2) is 30.3 Å². The summed E-state index contributed by atoms with van der Waals surface area (Å²) < 4.78 is 47.5. The summed E-state index contributed by atoms with van der Waals surface area (Å²) in [5.41, 5.74) is 1.44. The summed E-state index contributed by atoms with van der Waals surface area (Å²) in [5, 5.41) is 4.38. The Labute approximate surface area is 136 Å². The van der Waals surface area contributed by atoms with Crippen molar-refractivity contribution in [3.8, 4) is 17.0 Å². The van der Waals surface area contributed by atoms with Gasteiger partial charge < -0.3 is 9.47 Å². The Morgan fingerprint density at radius 2 is 2.00 bits per heavy atom. The minimum absolute atomic E-state index is 0.291. The Morgan fingerprint density at radius 3 is 2.58 bits per heavy atom. The molecule has 2 aromatic rings. The molecule has 2 heterocycles. The van der Waals surface area contributed by atoms with Crippen LogP contribution in [0.1, 0.15) is 36.0 Å². The fourth-order valence-electron chi connectivity index (χ4n) is 2.61. The first-order valence-corrected chi connectivity index (χ1v) is 7.49. The molecule has 5 nitrogen and oxygen atoms in total. The van der Waals surface area contributed by atoms with Crippen LogP contribution < -0.4 is 4.74 Å². The summed E-state index contributed by atoms with van der Waals surface area (Å²) in [6.45, 7) is 0.613. The summed E-state index contributed by atoms with van der Waals surface area (Å²) in [7, 11) is 0. The summed E-state index contributed by atoms with van der Waals surface area (Å²) in [6.07, 6.45) is -1.61. The maximum Gasteiger partial charge on any atom is 0.573 e. The highest BCUT2D eigenvalue weighted by Gasteiger charge is 2.31. The van der Waals surface area contributed by atoms with Crippen molar-refractivity contribution in [3.63, 3.8) is 0 Å². The van der Waals surface area contributed by atoms with E-state index in [1.54, 1.807) is 6.07 Å². The molecule has 0 saturated carbocycles. The Balaban J connectivity index is 1.84. The third-order valence-corrected chi connectivity index (χ3v) is 3.70. The maximum absolute atomic E-state index is 12.2. The van der Waals surface area contributed by atoms with Gasteiger partial charge in [0.1, 0.15) is 11.4 Å². The molecule has 0 bridgehead atoms. The van der Waals surface area contributed by atoms with Crippen molar-refractivity contribution in [3.05, 3.63) is 36.0 Å². The zero-order valence-electron chi connectivity index (χ0n) is 12.6. The van der Waals surface area contributed by atoms with E-state index in [9.17, 15) is 18.0 Å². The summed E-state index contributed by atoms with van der Waals surface area (Å²) in [5.74, 6) is -0.308. The van der Waals surface area contributed by atoms with E-state index < -0.39 is 6.36 Å². The van der Waals surface area contributed by atoms with Gasteiger partial charge in [-0.15, -0.1) is 13.2 Å². The molecular weight excluding hydrogens is 325 g/mol. The standard InChI is InChI=1S/C16H15F3N2O3/c17-16(18,19)24-13-6-4-11(5-7-13)14-9-12(10-22)21(20-14)15-3-1-2-8-23-15/h4-7,9-10,15H,1-3,8H2. The van der Waals surface area contributed by atoms with Gasteiger partial charge in [0.25, 0.3) is 0 Å². The van der Waals surface area contributed by atoms with E-state index in [-0.39, 0.29) is 12.0 Å². The van der Waals surface area contributed by atoms with Crippen LogP contribution >= 0.6 is 0 Å². The molecule has 128 valence electrons. The number of hydrogen-bond donors (Lipinski definition) is 0. The number of ether oxygens (including phenoxy) is 2. The molecule has 1 aromatic carbocycles. The number of carbonyl (C=O) groups is 1. The average molecular weight is 340 g/mol. The van der Waals surface area contributed by atoms with E-state index >= 15 is 0 Å². The van der Waals surface area contributed by atoms with Crippen molar-refractivity contribution in [2.45, 2.75) is 31.9 Å². The van der Waals surface area contributed by atoms with Crippen LogP contribution in [-0.2, 0) is 4.74 Å². The van der Waals surface area contributed by atoms with Crippen molar-refractivity contribution in [2.75, 3.05) is 6.61 Å². The lowest BCUT2D eigenvalue weighted by Gasteiger charge is -2.23. The van der Waals surface area contributed by atoms with Gasteiger partial charge in [0, 0.05) is 12.2 Å². The molecule has 0 radical (unpaired) electrons. The van der Waals surface area contributed by atoms with Gasteiger partial charge in [0.15, 0.2) is 12.5 Å². The van der Waals surface area contributed by atoms with Gasteiger partial charge >= 0.3 is 6.36 Å². The fourth-order valence-corrected chi connectivity index (χ4v) is 2.61. The van der Waals surface area contributed by atoms with E-state index in [2.05, 4.69) is 9.84 Å². The molecule has 0 spiro atoms. The quantitative estimate of drug-likeness (QED) is 0.791. The lowest BCUT2D eigenvalue weighted by atomic mass is 10.1. The molecule has 1 atom stereocenters. The van der Waals surface area contributed by atoms with Gasteiger partial charge in [0.2, 0.25) is 0 Å². The molecule has 1 saturated heterocycles. The first-order chi connectivity index (χ1) is 11.5. The molecule has 24 heavy (non-hydrogen) atoms. The first kappa shape index (κ1) is 16.5. The predicted molar refractivity (Wildman–Crippen MR) is 78.6 cm³/mol. The van der Waals surface area contributed by atoms with E-state index in [1.165, 1.54) is 28.9 Å². The number of aldehydes is 1. The number of hydrogen-bond acceptors (Lipinski definition) is 4. The Hall–Kier alpha value is -2.35. The number of halogens is 3. The molecule has 1 aromatic heterocycles. The molecule has 1 fully saturated rings. The van der Waals surface area contributed by atoms with Gasteiger partial charge in [-0.3, -0.25) is 4.79 Å². The minimum atomic E-state index is -4.73.